The van der Waals surface area contributed by atoms with Gasteiger partial charge in [-0.2, -0.15) is 0 Å². The van der Waals surface area contributed by atoms with E-state index in [0.717, 1.165) is 17.7 Å². The fourth-order valence-electron chi connectivity index (χ4n) is 1.74. The molecule has 0 saturated heterocycles. The highest BCUT2D eigenvalue weighted by molar-refractivity contribution is 5.82. The molecule has 74 valence electrons. The van der Waals surface area contributed by atoms with Crippen LogP contribution < -0.4 is 11.1 Å². The van der Waals surface area contributed by atoms with Gasteiger partial charge in [-0.1, -0.05) is 12.1 Å². The van der Waals surface area contributed by atoms with Crippen LogP contribution in [0.3, 0.4) is 0 Å². The number of nitrogen functional groups attached to an aromatic ring is 1. The third-order valence-corrected chi connectivity index (χ3v) is 2.50. The number of carboxylic acids is 1. The highest BCUT2D eigenvalue weighted by Gasteiger charge is 2.24. The lowest BCUT2D eigenvalue weighted by Gasteiger charge is -2.25. The van der Waals surface area contributed by atoms with Crippen molar-refractivity contribution in [2.24, 2.45) is 0 Å². The Morgan fingerprint density at radius 2 is 2.36 bits per heavy atom. The van der Waals surface area contributed by atoms with Gasteiger partial charge in [0.15, 0.2) is 0 Å². The molecule has 1 aliphatic rings. The lowest BCUT2D eigenvalue weighted by Crippen LogP contribution is -2.33. The number of nitrogens with two attached hydrogens (primary N) is 1. The van der Waals surface area contributed by atoms with Gasteiger partial charge in [0.05, 0.1) is 11.4 Å². The van der Waals surface area contributed by atoms with Gasteiger partial charge in [0.2, 0.25) is 0 Å². The highest BCUT2D eigenvalue weighted by Crippen LogP contribution is 2.29. The maximum absolute atomic E-state index is 10.8. The predicted octanol–water partition coefficient (Wildman–Crippen LogP) is 1.08. The van der Waals surface area contributed by atoms with Crippen LogP contribution >= 0.6 is 0 Å². The fourth-order valence-corrected chi connectivity index (χ4v) is 1.74. The van der Waals surface area contributed by atoms with Gasteiger partial charge in [0, 0.05) is 0 Å². The van der Waals surface area contributed by atoms with E-state index in [1.807, 2.05) is 12.1 Å². The molecule has 1 aromatic carbocycles. The molecule has 1 heterocycles. The maximum Gasteiger partial charge on any atom is 0.326 e. The van der Waals surface area contributed by atoms with E-state index in [4.69, 9.17) is 10.8 Å². The van der Waals surface area contributed by atoms with Crippen LogP contribution in [0.25, 0.3) is 0 Å². The molecular formula is C10H12N2O2. The van der Waals surface area contributed by atoms with E-state index in [-0.39, 0.29) is 0 Å². The van der Waals surface area contributed by atoms with Gasteiger partial charge in [-0.3, -0.25) is 0 Å². The van der Waals surface area contributed by atoms with Gasteiger partial charge in [-0.05, 0) is 24.5 Å². The van der Waals surface area contributed by atoms with Crippen molar-refractivity contribution in [2.45, 2.75) is 18.9 Å². The summed E-state index contributed by atoms with van der Waals surface area (Å²) < 4.78 is 0. The average Bonchev–Trinajstić information content (AvgIpc) is 2.18. The summed E-state index contributed by atoms with van der Waals surface area (Å²) in [5.74, 6) is -0.820. The van der Waals surface area contributed by atoms with Crippen molar-refractivity contribution in [3.8, 4) is 0 Å². The standard InChI is InChI=1S/C10H12N2O2/c11-7-3-1-2-6-4-5-8(10(13)14)12-9(6)7/h1-3,8,12H,4-5,11H2,(H,13,14)/t8-/m0/s1. The van der Waals surface area contributed by atoms with Crippen molar-refractivity contribution >= 4 is 17.3 Å². The summed E-state index contributed by atoms with van der Waals surface area (Å²) in [4.78, 5) is 10.8. The lowest BCUT2D eigenvalue weighted by molar-refractivity contribution is -0.138. The van der Waals surface area contributed by atoms with Crippen LogP contribution in [0.5, 0.6) is 0 Å². The molecule has 1 aromatic rings. The molecule has 4 nitrogen and oxygen atoms in total. The first-order valence-electron chi connectivity index (χ1n) is 4.55. The number of hydrogen-bond acceptors (Lipinski definition) is 3. The van der Waals surface area contributed by atoms with Crippen LogP contribution in [0.1, 0.15) is 12.0 Å². The van der Waals surface area contributed by atoms with Crippen molar-refractivity contribution in [3.05, 3.63) is 23.8 Å². The quantitative estimate of drug-likeness (QED) is 0.582. The summed E-state index contributed by atoms with van der Waals surface area (Å²) in [7, 11) is 0. The van der Waals surface area contributed by atoms with Crippen molar-refractivity contribution in [2.75, 3.05) is 11.1 Å². The first-order valence-corrected chi connectivity index (χ1v) is 4.55. The SMILES string of the molecule is Nc1cccc2c1N[C@H](C(=O)O)CC2. The summed E-state index contributed by atoms with van der Waals surface area (Å²) in [6.45, 7) is 0. The molecule has 14 heavy (non-hydrogen) atoms. The minimum absolute atomic E-state index is 0.507. The van der Waals surface area contributed by atoms with Crippen LogP contribution in [0.4, 0.5) is 11.4 Å². The first-order chi connectivity index (χ1) is 6.68. The third kappa shape index (κ3) is 1.39. The number of para-hydroxylation sites is 1. The smallest absolute Gasteiger partial charge is 0.326 e. The number of aliphatic carboxylic acids is 1. The second kappa shape index (κ2) is 3.21. The van der Waals surface area contributed by atoms with Crippen LogP contribution in [-0.4, -0.2) is 17.1 Å². The maximum atomic E-state index is 10.8. The Morgan fingerprint density at radius 3 is 3.07 bits per heavy atom. The van der Waals surface area contributed by atoms with Gasteiger partial charge in [0.25, 0.3) is 0 Å². The Labute approximate surface area is 81.7 Å². The number of aryl methyl sites for hydroxylation is 1. The van der Waals surface area contributed by atoms with Gasteiger partial charge in [-0.15, -0.1) is 0 Å². The molecule has 2 rings (SSSR count). The van der Waals surface area contributed by atoms with Crippen LogP contribution in [-0.2, 0) is 11.2 Å². The van der Waals surface area contributed by atoms with Gasteiger partial charge >= 0.3 is 5.97 Å². The van der Waals surface area contributed by atoms with E-state index in [1.165, 1.54) is 0 Å². The van der Waals surface area contributed by atoms with Gasteiger partial charge in [0.1, 0.15) is 6.04 Å². The molecule has 0 fully saturated rings. The molecule has 0 aliphatic carbocycles. The molecule has 4 N–H and O–H groups in total. The predicted molar refractivity (Wildman–Crippen MR) is 54.2 cm³/mol. The first kappa shape index (κ1) is 8.87. The second-order valence-corrected chi connectivity index (χ2v) is 3.46. The summed E-state index contributed by atoms with van der Waals surface area (Å²) >= 11 is 0. The van der Waals surface area contributed by atoms with Crippen molar-refractivity contribution in [1.82, 2.24) is 0 Å². The molecular weight excluding hydrogens is 180 g/mol. The Morgan fingerprint density at radius 1 is 1.57 bits per heavy atom. The molecule has 0 unspecified atom stereocenters. The van der Waals surface area contributed by atoms with E-state index in [2.05, 4.69) is 5.32 Å². The largest absolute Gasteiger partial charge is 0.480 e. The molecule has 1 atom stereocenters. The minimum Gasteiger partial charge on any atom is -0.480 e. The summed E-state index contributed by atoms with van der Waals surface area (Å²) in [6.07, 6.45) is 1.39. The molecule has 0 saturated carbocycles. The molecule has 1 aliphatic heterocycles. The van der Waals surface area contributed by atoms with Crippen molar-refractivity contribution in [1.29, 1.82) is 0 Å². The fraction of sp³-hybridized carbons (Fsp3) is 0.300. The number of rotatable bonds is 1. The zero-order valence-electron chi connectivity index (χ0n) is 7.66. The summed E-state index contributed by atoms with van der Waals surface area (Å²) in [5.41, 5.74) is 8.25. The van der Waals surface area contributed by atoms with E-state index in [9.17, 15) is 4.79 Å². The number of anilines is 2. The third-order valence-electron chi connectivity index (χ3n) is 2.50. The number of nitrogens with one attached hydrogen (secondary N) is 1. The molecule has 0 aromatic heterocycles. The number of hydrogen-bond donors (Lipinski definition) is 3. The molecule has 0 spiro atoms. The van der Waals surface area contributed by atoms with E-state index in [1.54, 1.807) is 6.07 Å². The molecule has 0 amide bonds. The van der Waals surface area contributed by atoms with Gasteiger partial charge in [-0.25, -0.2) is 4.79 Å². The minimum atomic E-state index is -0.820. The van der Waals surface area contributed by atoms with E-state index < -0.39 is 12.0 Å². The molecule has 4 heteroatoms. The highest BCUT2D eigenvalue weighted by atomic mass is 16.4. The summed E-state index contributed by atoms with van der Waals surface area (Å²) in [5, 5.41) is 11.8. The average molecular weight is 192 g/mol. The van der Waals surface area contributed by atoms with E-state index in [0.29, 0.717) is 12.1 Å². The zero-order chi connectivity index (χ0) is 10.1. The second-order valence-electron chi connectivity index (χ2n) is 3.46. The molecule has 0 bridgehead atoms. The Hall–Kier alpha value is -1.71. The van der Waals surface area contributed by atoms with Gasteiger partial charge < -0.3 is 16.2 Å². The van der Waals surface area contributed by atoms with Crippen LogP contribution in [0.15, 0.2) is 18.2 Å². The van der Waals surface area contributed by atoms with Crippen molar-refractivity contribution in [3.63, 3.8) is 0 Å². The monoisotopic (exact) mass is 192 g/mol. The van der Waals surface area contributed by atoms with Crippen LogP contribution in [0, 0.1) is 0 Å². The number of fused-ring (bicyclic) bond motifs is 1. The Balaban J connectivity index is 2.33. The Bertz CT molecular complexity index is 376. The normalized spacial score (nSPS) is 19.6. The summed E-state index contributed by atoms with van der Waals surface area (Å²) in [6, 6.07) is 5.12. The van der Waals surface area contributed by atoms with Crippen molar-refractivity contribution < 1.29 is 9.90 Å². The number of carbonyl (C=O) groups is 1. The lowest BCUT2D eigenvalue weighted by atomic mass is 9.97. The number of carboxylic acid groups (broad SMARTS) is 1. The van der Waals surface area contributed by atoms with Crippen LogP contribution in [0.2, 0.25) is 0 Å². The Kier molecular flexibility index (Phi) is 2.04. The zero-order valence-corrected chi connectivity index (χ0v) is 7.66. The topological polar surface area (TPSA) is 75.3 Å². The molecule has 0 radical (unpaired) electrons. The van der Waals surface area contributed by atoms with E-state index >= 15 is 0 Å². The number of benzene rings is 1.